The second-order valence-corrected chi connectivity index (χ2v) is 10.4. The zero-order valence-corrected chi connectivity index (χ0v) is 22.7. The molecule has 1 saturated heterocycles. The normalized spacial score (nSPS) is 15.0. The Balaban J connectivity index is 1.35. The van der Waals surface area contributed by atoms with Gasteiger partial charge in [0.1, 0.15) is 0 Å². The minimum atomic E-state index is 0.220. The highest BCUT2D eigenvalue weighted by atomic mass is 16.7. The molecular formula is C27H38N8O3. The number of likely N-dealkylation sites (tertiary alicyclic amines) is 1. The Bertz CT molecular complexity index is 1270. The van der Waals surface area contributed by atoms with Crippen molar-refractivity contribution in [1.29, 1.82) is 0 Å². The smallest absolute Gasteiger partial charge is 0.231 e. The molecule has 3 aromatic rings. The molecule has 0 bridgehead atoms. The summed E-state index contributed by atoms with van der Waals surface area (Å²) >= 11 is 0. The minimum absolute atomic E-state index is 0.220. The molecule has 0 aliphatic carbocycles. The predicted molar refractivity (Wildman–Crippen MR) is 146 cm³/mol. The summed E-state index contributed by atoms with van der Waals surface area (Å²) in [4.78, 5) is 30.7. The van der Waals surface area contributed by atoms with Crippen molar-refractivity contribution in [3.8, 4) is 11.5 Å². The SMILES string of the molecule is CC(C)N(CCNc1nc(NCc2ccc3c(c2)OCO3)nc2c1ncn2CCN1CCCC1=O)C(C)C. The van der Waals surface area contributed by atoms with E-state index in [-0.39, 0.29) is 12.7 Å². The molecule has 11 nitrogen and oxygen atoms in total. The molecule has 5 rings (SSSR count). The van der Waals surface area contributed by atoms with Crippen LogP contribution in [0.2, 0.25) is 0 Å². The van der Waals surface area contributed by atoms with Crippen LogP contribution in [0.15, 0.2) is 24.5 Å². The number of benzene rings is 1. The number of amides is 1. The minimum Gasteiger partial charge on any atom is -0.454 e. The van der Waals surface area contributed by atoms with Crippen LogP contribution >= 0.6 is 0 Å². The summed E-state index contributed by atoms with van der Waals surface area (Å²) in [6, 6.07) is 6.79. The number of hydrogen-bond donors (Lipinski definition) is 2. The van der Waals surface area contributed by atoms with Crippen LogP contribution in [0.3, 0.4) is 0 Å². The molecule has 0 atom stereocenters. The van der Waals surface area contributed by atoms with E-state index in [4.69, 9.17) is 19.4 Å². The second kappa shape index (κ2) is 11.4. The summed E-state index contributed by atoms with van der Waals surface area (Å²) in [6.45, 7) is 13.4. The molecule has 1 amide bonds. The molecule has 2 aliphatic rings. The number of imidazole rings is 1. The van der Waals surface area contributed by atoms with Crippen LogP contribution < -0.4 is 20.1 Å². The van der Waals surface area contributed by atoms with E-state index in [0.717, 1.165) is 54.3 Å². The average molecular weight is 523 g/mol. The molecule has 204 valence electrons. The zero-order valence-electron chi connectivity index (χ0n) is 22.7. The van der Waals surface area contributed by atoms with Gasteiger partial charge >= 0.3 is 0 Å². The van der Waals surface area contributed by atoms with E-state index >= 15 is 0 Å². The fourth-order valence-corrected chi connectivity index (χ4v) is 5.13. The molecule has 0 unspecified atom stereocenters. The molecule has 11 heteroatoms. The van der Waals surface area contributed by atoms with Gasteiger partial charge in [-0.3, -0.25) is 9.69 Å². The first-order valence-corrected chi connectivity index (χ1v) is 13.5. The molecule has 0 spiro atoms. The lowest BCUT2D eigenvalue weighted by atomic mass is 10.2. The van der Waals surface area contributed by atoms with Gasteiger partial charge in [-0.05, 0) is 51.8 Å². The van der Waals surface area contributed by atoms with Crippen molar-refractivity contribution in [1.82, 2.24) is 29.3 Å². The Morgan fingerprint density at radius 3 is 2.63 bits per heavy atom. The van der Waals surface area contributed by atoms with Gasteiger partial charge < -0.3 is 29.6 Å². The van der Waals surface area contributed by atoms with Gasteiger partial charge in [0.25, 0.3) is 0 Å². The van der Waals surface area contributed by atoms with Crippen LogP contribution in [0.4, 0.5) is 11.8 Å². The van der Waals surface area contributed by atoms with E-state index in [1.54, 1.807) is 6.33 Å². The lowest BCUT2D eigenvalue weighted by Crippen LogP contribution is -2.40. The first-order chi connectivity index (χ1) is 18.4. The maximum Gasteiger partial charge on any atom is 0.231 e. The van der Waals surface area contributed by atoms with Crippen molar-refractivity contribution >= 4 is 28.8 Å². The summed E-state index contributed by atoms with van der Waals surface area (Å²) in [5.74, 6) is 2.94. The van der Waals surface area contributed by atoms with Crippen LogP contribution in [0.25, 0.3) is 11.2 Å². The summed E-state index contributed by atoms with van der Waals surface area (Å²) in [5.41, 5.74) is 2.51. The number of anilines is 2. The van der Waals surface area contributed by atoms with E-state index in [1.807, 2.05) is 27.7 Å². The Hall–Kier alpha value is -3.60. The van der Waals surface area contributed by atoms with E-state index in [2.05, 4.69) is 48.2 Å². The van der Waals surface area contributed by atoms with Crippen molar-refractivity contribution < 1.29 is 14.3 Å². The number of carbonyl (C=O) groups excluding carboxylic acids is 1. The van der Waals surface area contributed by atoms with Gasteiger partial charge in [0.2, 0.25) is 18.6 Å². The lowest BCUT2D eigenvalue weighted by Gasteiger charge is -2.30. The van der Waals surface area contributed by atoms with E-state index in [0.29, 0.717) is 49.9 Å². The molecule has 2 N–H and O–H groups in total. The van der Waals surface area contributed by atoms with E-state index < -0.39 is 0 Å². The highest BCUT2D eigenvalue weighted by Crippen LogP contribution is 2.32. The van der Waals surface area contributed by atoms with E-state index in [1.165, 1.54) is 0 Å². The van der Waals surface area contributed by atoms with E-state index in [9.17, 15) is 4.79 Å². The number of aromatic nitrogens is 4. The number of fused-ring (bicyclic) bond motifs is 2. The second-order valence-electron chi connectivity index (χ2n) is 10.4. The van der Waals surface area contributed by atoms with Crippen LogP contribution in [-0.2, 0) is 17.9 Å². The number of carbonyl (C=O) groups is 1. The maximum atomic E-state index is 12.1. The first kappa shape index (κ1) is 26.0. The molecule has 0 radical (unpaired) electrons. The molecule has 0 saturated carbocycles. The highest BCUT2D eigenvalue weighted by molar-refractivity contribution is 5.84. The highest BCUT2D eigenvalue weighted by Gasteiger charge is 2.21. The Morgan fingerprint density at radius 2 is 1.87 bits per heavy atom. The number of ether oxygens (including phenoxy) is 2. The third-order valence-corrected chi connectivity index (χ3v) is 7.12. The summed E-state index contributed by atoms with van der Waals surface area (Å²) in [5, 5.41) is 6.88. The zero-order chi connectivity index (χ0) is 26.6. The number of nitrogens with one attached hydrogen (secondary N) is 2. The van der Waals surface area contributed by atoms with Crippen LogP contribution in [0, 0.1) is 0 Å². The predicted octanol–water partition coefficient (Wildman–Crippen LogP) is 3.32. The van der Waals surface area contributed by atoms with Crippen LogP contribution in [0.5, 0.6) is 11.5 Å². The fourth-order valence-electron chi connectivity index (χ4n) is 5.13. The van der Waals surface area contributed by atoms with Gasteiger partial charge in [-0.25, -0.2) is 4.98 Å². The van der Waals surface area contributed by atoms with Crippen molar-refractivity contribution in [2.24, 2.45) is 0 Å². The molecule has 2 aromatic heterocycles. The van der Waals surface area contributed by atoms with Gasteiger partial charge in [-0.1, -0.05) is 6.07 Å². The van der Waals surface area contributed by atoms with Crippen molar-refractivity contribution in [3.63, 3.8) is 0 Å². The fraction of sp³-hybridized carbons (Fsp3) is 0.556. The molecule has 1 aromatic carbocycles. The van der Waals surface area contributed by atoms with Crippen LogP contribution in [-0.4, -0.2) is 80.3 Å². The number of nitrogens with zero attached hydrogens (tertiary/aromatic N) is 6. The lowest BCUT2D eigenvalue weighted by molar-refractivity contribution is -0.127. The summed E-state index contributed by atoms with van der Waals surface area (Å²) < 4.78 is 12.9. The largest absolute Gasteiger partial charge is 0.454 e. The Morgan fingerprint density at radius 1 is 1.05 bits per heavy atom. The van der Waals surface area contributed by atoms with Crippen molar-refractivity contribution in [2.75, 3.05) is 43.6 Å². The topological polar surface area (TPSA) is 110 Å². The summed E-state index contributed by atoms with van der Waals surface area (Å²) in [7, 11) is 0. The molecule has 4 heterocycles. The molecule has 38 heavy (non-hydrogen) atoms. The molecule has 1 fully saturated rings. The van der Waals surface area contributed by atoms with Crippen molar-refractivity contribution in [3.05, 3.63) is 30.1 Å². The number of hydrogen-bond acceptors (Lipinski definition) is 9. The van der Waals surface area contributed by atoms with Crippen molar-refractivity contribution in [2.45, 2.75) is 65.7 Å². The standard InChI is InChI=1S/C27H38N8O3/c1-18(2)35(19(3)4)11-9-28-25-24-26(34(16-30-24)13-12-33-10-5-6-23(33)36)32-27(31-25)29-15-20-7-8-21-22(14-20)38-17-37-21/h7-8,14,16,18-19H,5-6,9-13,15,17H2,1-4H3,(H2,28,29,31,32). The number of rotatable bonds is 12. The summed E-state index contributed by atoms with van der Waals surface area (Å²) in [6.07, 6.45) is 3.36. The van der Waals surface area contributed by atoms with Gasteiger partial charge in [0.05, 0.1) is 6.33 Å². The average Bonchev–Trinajstić information content (AvgIpc) is 3.63. The first-order valence-electron chi connectivity index (χ1n) is 13.5. The van der Waals surface area contributed by atoms with Gasteiger partial charge in [0.15, 0.2) is 28.5 Å². The van der Waals surface area contributed by atoms with Crippen LogP contribution in [0.1, 0.15) is 46.1 Å². The van der Waals surface area contributed by atoms with Gasteiger partial charge in [-0.2, -0.15) is 9.97 Å². The Kier molecular flexibility index (Phi) is 7.82. The third-order valence-electron chi connectivity index (χ3n) is 7.12. The van der Waals surface area contributed by atoms with Gasteiger partial charge in [-0.15, -0.1) is 0 Å². The van der Waals surface area contributed by atoms with Gasteiger partial charge in [0, 0.05) is 57.8 Å². The molecule has 2 aliphatic heterocycles. The Labute approximate surface area is 223 Å². The maximum absolute atomic E-state index is 12.1. The monoisotopic (exact) mass is 522 g/mol. The molecular weight excluding hydrogens is 484 g/mol. The quantitative estimate of drug-likeness (QED) is 0.370. The third kappa shape index (κ3) is 5.77.